The molecule has 0 heterocycles. The van der Waals surface area contributed by atoms with Crippen LogP contribution in [-0.4, -0.2) is 6.16 Å². The van der Waals surface area contributed by atoms with Crippen molar-refractivity contribution in [1.82, 2.24) is 0 Å². The quantitative estimate of drug-likeness (QED) is 0.532. The first-order chi connectivity index (χ1) is 11.4. The average molecular weight is 322 g/mol. The van der Waals surface area contributed by atoms with Crippen molar-refractivity contribution in [2.24, 2.45) is 0 Å². The fourth-order valence-electron chi connectivity index (χ4n) is 2.34. The van der Waals surface area contributed by atoms with Gasteiger partial charge in [-0.3, -0.25) is 0 Å². The molecule has 0 bridgehead atoms. The number of carbonyl (C=O) groups excluding carboxylic acids is 1. The molecular weight excluding hydrogens is 300 g/mol. The topological polar surface area (TPSA) is 35.5 Å². The summed E-state index contributed by atoms with van der Waals surface area (Å²) in [4.78, 5) is 12.4. The van der Waals surface area contributed by atoms with E-state index in [2.05, 4.69) is 13.2 Å². The smallest absolute Gasteiger partial charge is 0.419 e. The van der Waals surface area contributed by atoms with Crippen LogP contribution >= 0.6 is 0 Å². The van der Waals surface area contributed by atoms with Crippen molar-refractivity contribution in [3.05, 3.63) is 97.1 Å². The van der Waals surface area contributed by atoms with E-state index in [1.54, 1.807) is 26.0 Å². The van der Waals surface area contributed by atoms with Gasteiger partial charge >= 0.3 is 6.16 Å². The zero-order chi connectivity index (χ0) is 17.6. The van der Waals surface area contributed by atoms with Gasteiger partial charge < -0.3 is 9.47 Å². The number of rotatable bonds is 6. The van der Waals surface area contributed by atoms with Crippen molar-refractivity contribution in [3.63, 3.8) is 0 Å². The van der Waals surface area contributed by atoms with Crippen molar-refractivity contribution in [3.8, 4) is 0 Å². The van der Waals surface area contributed by atoms with E-state index in [4.69, 9.17) is 9.47 Å². The van der Waals surface area contributed by atoms with E-state index < -0.39 is 17.4 Å². The van der Waals surface area contributed by atoms with E-state index in [0.717, 1.165) is 11.1 Å². The molecule has 0 radical (unpaired) electrons. The van der Waals surface area contributed by atoms with Gasteiger partial charge in [0.05, 0.1) is 0 Å². The van der Waals surface area contributed by atoms with Crippen molar-refractivity contribution < 1.29 is 14.3 Å². The van der Waals surface area contributed by atoms with Crippen LogP contribution in [0.2, 0.25) is 0 Å². The molecule has 2 rings (SSSR count). The third kappa shape index (κ3) is 3.74. The fraction of sp³-hybridized carbons (Fsp3) is 0.190. The summed E-state index contributed by atoms with van der Waals surface area (Å²) < 4.78 is 11.1. The highest BCUT2D eigenvalue weighted by Gasteiger charge is 2.33. The van der Waals surface area contributed by atoms with Crippen LogP contribution < -0.4 is 0 Å². The Morgan fingerprint density at radius 3 is 1.42 bits per heavy atom. The van der Waals surface area contributed by atoms with Gasteiger partial charge in [0.2, 0.25) is 0 Å². The normalized spacial score (nSPS) is 15.4. The molecule has 0 amide bonds. The molecule has 0 aliphatic heterocycles. The van der Waals surface area contributed by atoms with Gasteiger partial charge in [0.15, 0.2) is 11.2 Å². The minimum atomic E-state index is -0.975. The number of hydrogen-bond acceptors (Lipinski definition) is 3. The molecule has 0 aromatic heterocycles. The van der Waals surface area contributed by atoms with Crippen LogP contribution in [0.1, 0.15) is 25.0 Å². The molecule has 0 aliphatic rings. The van der Waals surface area contributed by atoms with Gasteiger partial charge in [-0.1, -0.05) is 73.8 Å². The molecule has 0 N–H and O–H groups in total. The second-order valence-electron chi connectivity index (χ2n) is 5.81. The first-order valence-electron chi connectivity index (χ1n) is 7.74. The second-order valence-corrected chi connectivity index (χ2v) is 5.81. The summed E-state index contributed by atoms with van der Waals surface area (Å²) >= 11 is 0. The Morgan fingerprint density at radius 2 is 1.12 bits per heavy atom. The van der Waals surface area contributed by atoms with Gasteiger partial charge in [0.1, 0.15) is 0 Å². The van der Waals surface area contributed by atoms with Crippen LogP contribution in [-0.2, 0) is 20.7 Å². The Kier molecular flexibility index (Phi) is 5.24. The predicted octanol–water partition coefficient (Wildman–Crippen LogP) is 5.34. The highest BCUT2D eigenvalue weighted by Crippen LogP contribution is 2.31. The monoisotopic (exact) mass is 322 g/mol. The molecule has 2 aromatic carbocycles. The number of hydrogen-bond donors (Lipinski definition) is 0. The first kappa shape index (κ1) is 17.5. The van der Waals surface area contributed by atoms with Crippen molar-refractivity contribution in [2.45, 2.75) is 25.0 Å². The Morgan fingerprint density at radius 1 is 0.792 bits per heavy atom. The van der Waals surface area contributed by atoms with Gasteiger partial charge in [-0.05, 0) is 37.1 Å². The number of ether oxygens (including phenoxy) is 2. The van der Waals surface area contributed by atoms with Gasteiger partial charge in [-0.15, -0.1) is 0 Å². The molecule has 3 nitrogen and oxygen atoms in total. The van der Waals surface area contributed by atoms with E-state index in [-0.39, 0.29) is 0 Å². The summed E-state index contributed by atoms with van der Waals surface area (Å²) in [6.07, 6.45) is 2.38. The van der Waals surface area contributed by atoms with Gasteiger partial charge in [0.25, 0.3) is 0 Å². The summed E-state index contributed by atoms with van der Waals surface area (Å²) in [6, 6.07) is 18.8. The minimum absolute atomic E-state index is 0.785. The third-order valence-corrected chi connectivity index (χ3v) is 4.06. The molecule has 2 unspecified atom stereocenters. The Labute approximate surface area is 143 Å². The SMILES string of the molecule is C=CC(C)(OC(=O)OC(C)(C=C)c1ccccc1)c1ccccc1. The third-order valence-electron chi connectivity index (χ3n) is 4.06. The lowest BCUT2D eigenvalue weighted by molar-refractivity contribution is -0.0438. The Hall–Kier alpha value is -2.81. The maximum absolute atomic E-state index is 12.4. The Bertz CT molecular complexity index is 647. The molecule has 0 saturated heterocycles. The highest BCUT2D eigenvalue weighted by molar-refractivity contribution is 5.63. The zero-order valence-corrected chi connectivity index (χ0v) is 14.1. The summed E-state index contributed by atoms with van der Waals surface area (Å²) in [5.74, 6) is 0. The number of benzene rings is 2. The van der Waals surface area contributed by atoms with Crippen LogP contribution in [0.5, 0.6) is 0 Å². The fourth-order valence-corrected chi connectivity index (χ4v) is 2.34. The van der Waals surface area contributed by atoms with Crippen LogP contribution in [0.25, 0.3) is 0 Å². The lowest BCUT2D eigenvalue weighted by atomic mass is 9.95. The van der Waals surface area contributed by atoms with Gasteiger partial charge in [-0.2, -0.15) is 0 Å². The second kappa shape index (κ2) is 7.18. The maximum Gasteiger partial charge on any atom is 0.510 e. The highest BCUT2D eigenvalue weighted by atomic mass is 16.7. The van der Waals surface area contributed by atoms with E-state index in [0.29, 0.717) is 0 Å². The lowest BCUT2D eigenvalue weighted by Crippen LogP contribution is -2.32. The molecule has 2 aromatic rings. The standard InChI is InChI=1S/C21H22O3/c1-5-20(3,17-13-9-7-10-14-17)23-19(22)24-21(4,6-2)18-15-11-8-12-16-18/h5-16H,1-2H2,3-4H3. The van der Waals surface area contributed by atoms with Crippen LogP contribution in [0.15, 0.2) is 86.0 Å². The van der Waals surface area contributed by atoms with Crippen molar-refractivity contribution in [1.29, 1.82) is 0 Å². The molecule has 2 atom stereocenters. The van der Waals surface area contributed by atoms with E-state index in [1.807, 2.05) is 60.7 Å². The number of carbonyl (C=O) groups is 1. The van der Waals surface area contributed by atoms with Gasteiger partial charge in [0, 0.05) is 0 Å². The molecule has 124 valence electrons. The van der Waals surface area contributed by atoms with E-state index in [1.165, 1.54) is 0 Å². The van der Waals surface area contributed by atoms with Gasteiger partial charge in [-0.25, -0.2) is 4.79 Å². The summed E-state index contributed by atoms with van der Waals surface area (Å²) in [7, 11) is 0. The van der Waals surface area contributed by atoms with Crippen LogP contribution in [0.3, 0.4) is 0 Å². The van der Waals surface area contributed by atoms with Crippen molar-refractivity contribution in [2.75, 3.05) is 0 Å². The van der Waals surface area contributed by atoms with Crippen LogP contribution in [0.4, 0.5) is 4.79 Å². The zero-order valence-electron chi connectivity index (χ0n) is 14.1. The molecule has 0 spiro atoms. The first-order valence-corrected chi connectivity index (χ1v) is 7.74. The lowest BCUT2D eigenvalue weighted by Gasteiger charge is -2.30. The molecular formula is C21H22O3. The summed E-state index contributed by atoms with van der Waals surface area (Å²) in [5, 5.41) is 0. The molecule has 0 saturated carbocycles. The molecule has 3 heteroatoms. The van der Waals surface area contributed by atoms with Crippen molar-refractivity contribution >= 4 is 6.16 Å². The van der Waals surface area contributed by atoms with E-state index in [9.17, 15) is 4.79 Å². The predicted molar refractivity (Wildman–Crippen MR) is 95.5 cm³/mol. The largest absolute Gasteiger partial charge is 0.510 e. The molecule has 0 aliphatic carbocycles. The molecule has 24 heavy (non-hydrogen) atoms. The van der Waals surface area contributed by atoms with Crippen LogP contribution in [0, 0.1) is 0 Å². The van der Waals surface area contributed by atoms with E-state index >= 15 is 0 Å². The summed E-state index contributed by atoms with van der Waals surface area (Å²) in [5.41, 5.74) is -0.317. The maximum atomic E-state index is 12.4. The minimum Gasteiger partial charge on any atom is -0.419 e. The Balaban J connectivity index is 2.19. The summed E-state index contributed by atoms with van der Waals surface area (Å²) in [6.45, 7) is 11.1. The molecule has 0 fully saturated rings. The average Bonchev–Trinajstić information content (AvgIpc) is 2.62.